The Hall–Kier alpha value is -3.44. The van der Waals surface area contributed by atoms with E-state index in [4.69, 9.17) is 0 Å². The fourth-order valence-corrected chi connectivity index (χ4v) is 1.91. The van der Waals surface area contributed by atoms with Crippen LogP contribution in [-0.2, 0) is 11.0 Å². The summed E-state index contributed by atoms with van der Waals surface area (Å²) in [6, 6.07) is 6.99. The number of halogens is 7. The summed E-state index contributed by atoms with van der Waals surface area (Å²) < 4.78 is 89.4. The van der Waals surface area contributed by atoms with E-state index < -0.39 is 46.8 Å². The molecule has 0 aliphatic carbocycles. The highest BCUT2D eigenvalue weighted by atomic mass is 19.4. The van der Waals surface area contributed by atoms with Crippen LogP contribution in [0, 0.1) is 5.82 Å². The fourth-order valence-electron chi connectivity index (χ4n) is 1.91. The lowest BCUT2D eigenvalue weighted by molar-refractivity contribution is -0.137. The number of amides is 1. The Morgan fingerprint density at radius 3 is 2.14 bits per heavy atom. The van der Waals surface area contributed by atoms with Gasteiger partial charge in [-0.3, -0.25) is 4.79 Å². The Morgan fingerprint density at radius 2 is 1.59 bits per heavy atom. The van der Waals surface area contributed by atoms with Crippen LogP contribution < -0.4 is 5.32 Å². The monoisotopic (exact) mass is 421 g/mol. The number of aliphatic hydroxyl groups is 1. The second-order valence-electron chi connectivity index (χ2n) is 5.40. The van der Waals surface area contributed by atoms with Crippen LogP contribution in [-0.4, -0.2) is 17.2 Å². The predicted molar refractivity (Wildman–Crippen MR) is 86.7 cm³/mol. The molecule has 2 aromatic carbocycles. The van der Waals surface area contributed by atoms with Crippen LogP contribution in [0.2, 0.25) is 0 Å². The molecule has 0 bridgehead atoms. The van der Waals surface area contributed by atoms with Gasteiger partial charge in [0, 0.05) is 5.69 Å². The lowest BCUT2D eigenvalue weighted by atomic mass is 10.2. The van der Waals surface area contributed by atoms with Crippen molar-refractivity contribution >= 4 is 17.3 Å². The predicted octanol–water partition coefficient (Wildman–Crippen LogP) is 5.90. The summed E-state index contributed by atoms with van der Waals surface area (Å²) in [5.74, 6) is -4.66. The van der Waals surface area contributed by atoms with Crippen LogP contribution in [0.3, 0.4) is 0 Å². The van der Waals surface area contributed by atoms with E-state index in [0.717, 1.165) is 36.4 Å². The molecule has 0 unspecified atom stereocenters. The van der Waals surface area contributed by atoms with E-state index >= 15 is 0 Å². The third-order valence-electron chi connectivity index (χ3n) is 3.25. The van der Waals surface area contributed by atoms with Gasteiger partial charge in [0.2, 0.25) is 5.76 Å². The molecule has 29 heavy (non-hydrogen) atoms. The summed E-state index contributed by atoms with van der Waals surface area (Å²) in [7, 11) is 0. The van der Waals surface area contributed by atoms with Gasteiger partial charge in [-0.2, -0.15) is 31.5 Å². The number of alkyl halides is 6. The highest BCUT2D eigenvalue weighted by molar-refractivity contribution is 6.03. The smallest absolute Gasteiger partial charge is 0.451 e. The molecule has 0 atom stereocenters. The van der Waals surface area contributed by atoms with Crippen molar-refractivity contribution in [3.8, 4) is 0 Å². The number of hydrogen-bond donors (Lipinski definition) is 2. The van der Waals surface area contributed by atoms with E-state index in [1.165, 1.54) is 0 Å². The first kappa shape index (κ1) is 21.9. The summed E-state index contributed by atoms with van der Waals surface area (Å²) in [6.07, 6.45) is -10.1. The maximum absolute atomic E-state index is 12.9. The van der Waals surface area contributed by atoms with E-state index in [1.807, 2.05) is 5.32 Å². The van der Waals surface area contributed by atoms with Crippen LogP contribution in [0.5, 0.6) is 0 Å². The molecular formula is C17H10F7N3O2. The van der Waals surface area contributed by atoms with E-state index in [9.17, 15) is 40.6 Å². The first-order chi connectivity index (χ1) is 13.4. The molecule has 0 aliphatic heterocycles. The number of carbonyl (C=O) groups excluding carboxylic acids is 1. The molecule has 0 spiro atoms. The molecule has 2 N–H and O–H groups in total. The quantitative estimate of drug-likeness (QED) is 0.279. The number of azo groups is 1. The number of aliphatic hydroxyl groups excluding tert-OH is 1. The Labute approximate surface area is 158 Å². The molecule has 154 valence electrons. The average molecular weight is 421 g/mol. The van der Waals surface area contributed by atoms with Gasteiger partial charge in [0.05, 0.1) is 11.3 Å². The number of hydrogen-bond acceptors (Lipinski definition) is 4. The number of anilines is 1. The lowest BCUT2D eigenvalue weighted by Gasteiger charge is -2.10. The largest absolute Gasteiger partial charge is 0.503 e. The number of benzene rings is 2. The normalized spacial score (nSPS) is 13.3. The van der Waals surface area contributed by atoms with Gasteiger partial charge < -0.3 is 10.4 Å². The zero-order valence-electron chi connectivity index (χ0n) is 14.0. The van der Waals surface area contributed by atoms with E-state index in [0.29, 0.717) is 12.1 Å². The molecule has 2 aromatic rings. The summed E-state index contributed by atoms with van der Waals surface area (Å²) in [4.78, 5) is 12.1. The molecule has 2 rings (SSSR count). The number of allylic oxidation sites excluding steroid dienone is 1. The Morgan fingerprint density at radius 1 is 0.966 bits per heavy atom. The molecule has 0 fully saturated rings. The maximum atomic E-state index is 12.9. The zero-order chi connectivity index (χ0) is 21.8. The van der Waals surface area contributed by atoms with Gasteiger partial charge in [-0.1, -0.05) is 6.07 Å². The van der Waals surface area contributed by atoms with Crippen molar-refractivity contribution in [2.45, 2.75) is 12.4 Å². The van der Waals surface area contributed by atoms with Gasteiger partial charge in [-0.15, -0.1) is 5.11 Å². The van der Waals surface area contributed by atoms with Crippen molar-refractivity contribution in [1.82, 2.24) is 0 Å². The van der Waals surface area contributed by atoms with Crippen LogP contribution in [0.1, 0.15) is 5.56 Å². The molecule has 0 heterocycles. The fraction of sp³-hybridized carbons (Fsp3) is 0.118. The van der Waals surface area contributed by atoms with E-state index in [-0.39, 0.29) is 5.69 Å². The van der Waals surface area contributed by atoms with Crippen molar-refractivity contribution < 1.29 is 40.6 Å². The Kier molecular flexibility index (Phi) is 6.25. The van der Waals surface area contributed by atoms with Crippen LogP contribution in [0.4, 0.5) is 42.1 Å². The van der Waals surface area contributed by atoms with Gasteiger partial charge in [-0.25, -0.2) is 4.39 Å². The maximum Gasteiger partial charge on any atom is 0.451 e. The van der Waals surface area contributed by atoms with Gasteiger partial charge >= 0.3 is 12.4 Å². The Balaban J connectivity index is 2.38. The van der Waals surface area contributed by atoms with Crippen molar-refractivity contribution in [3.05, 3.63) is 71.4 Å². The van der Waals surface area contributed by atoms with E-state index in [1.54, 1.807) is 0 Å². The number of nitrogens with one attached hydrogen (secondary N) is 1. The summed E-state index contributed by atoms with van der Waals surface area (Å²) >= 11 is 0. The van der Waals surface area contributed by atoms with Crippen LogP contribution >= 0.6 is 0 Å². The molecule has 0 saturated heterocycles. The van der Waals surface area contributed by atoms with E-state index in [2.05, 4.69) is 10.2 Å². The molecule has 0 saturated carbocycles. The van der Waals surface area contributed by atoms with Crippen molar-refractivity contribution in [2.24, 2.45) is 10.2 Å². The molecule has 0 radical (unpaired) electrons. The second kappa shape index (κ2) is 8.29. The van der Waals surface area contributed by atoms with Gasteiger partial charge in [0.25, 0.3) is 5.91 Å². The van der Waals surface area contributed by atoms with Crippen LogP contribution in [0.25, 0.3) is 0 Å². The molecule has 1 amide bonds. The minimum atomic E-state index is -5.39. The van der Waals surface area contributed by atoms with Crippen molar-refractivity contribution in [3.63, 3.8) is 0 Å². The number of nitrogens with zero attached hydrogens (tertiary/aromatic N) is 2. The SMILES string of the molecule is O=C(Nc1ccc(F)cc1)/C(N=Nc1cccc(C(F)(F)F)c1)=C(/O)C(F)(F)F. The first-order valence-electron chi connectivity index (χ1n) is 7.54. The zero-order valence-corrected chi connectivity index (χ0v) is 14.0. The lowest BCUT2D eigenvalue weighted by Crippen LogP contribution is -2.21. The van der Waals surface area contributed by atoms with Gasteiger partial charge in [0.1, 0.15) is 5.82 Å². The summed E-state index contributed by atoms with van der Waals surface area (Å²) in [6.45, 7) is 0. The molecule has 0 aliphatic rings. The topological polar surface area (TPSA) is 74.0 Å². The first-order valence-corrected chi connectivity index (χ1v) is 7.54. The second-order valence-corrected chi connectivity index (χ2v) is 5.40. The highest BCUT2D eigenvalue weighted by Crippen LogP contribution is 2.32. The average Bonchev–Trinajstić information content (AvgIpc) is 2.62. The third kappa shape index (κ3) is 6.02. The molecule has 12 heteroatoms. The van der Waals surface area contributed by atoms with Crippen molar-refractivity contribution in [2.75, 3.05) is 5.32 Å². The standard InChI is InChI=1S/C17H10F7N3O2/c18-10-4-6-11(7-5-10)25-15(29)13(14(28)17(22,23)24)27-26-12-3-1-2-9(8-12)16(19,20)21/h1-8,28H,(H,25,29)/b14-13-,27-26?. The number of carbonyl (C=O) groups is 1. The Bertz CT molecular complexity index is 949. The third-order valence-corrected chi connectivity index (χ3v) is 3.25. The molecular weight excluding hydrogens is 411 g/mol. The summed E-state index contributed by atoms with van der Waals surface area (Å²) in [5, 5.41) is 17.4. The van der Waals surface area contributed by atoms with Crippen molar-refractivity contribution in [1.29, 1.82) is 0 Å². The highest BCUT2D eigenvalue weighted by Gasteiger charge is 2.39. The van der Waals surface area contributed by atoms with Gasteiger partial charge in [-0.05, 0) is 42.5 Å². The minimum Gasteiger partial charge on any atom is -0.503 e. The van der Waals surface area contributed by atoms with Crippen LogP contribution in [0.15, 0.2) is 70.2 Å². The molecule has 5 nitrogen and oxygen atoms in total. The minimum absolute atomic E-state index is 0.127. The molecule has 0 aromatic heterocycles. The summed E-state index contributed by atoms with van der Waals surface area (Å²) in [5.41, 5.74) is -3.38. The van der Waals surface area contributed by atoms with Gasteiger partial charge in [0.15, 0.2) is 5.70 Å². The number of rotatable bonds is 4.